The molecule has 0 atom stereocenters. The molecule has 0 saturated heterocycles. The van der Waals surface area contributed by atoms with Crippen LogP contribution in [-0.2, 0) is 22.0 Å². The average molecular weight is 310 g/mol. The van der Waals surface area contributed by atoms with Crippen molar-refractivity contribution in [3.05, 3.63) is 58.6 Å². The first-order chi connectivity index (χ1) is 9.42. The number of halogens is 1. The van der Waals surface area contributed by atoms with Crippen molar-refractivity contribution in [3.63, 3.8) is 0 Å². The molecule has 2 rings (SSSR count). The van der Waals surface area contributed by atoms with Crippen molar-refractivity contribution in [1.29, 1.82) is 0 Å². The topological polar surface area (TPSA) is 60.2 Å². The monoisotopic (exact) mass is 309 g/mol. The predicted octanol–water partition coefficient (Wildman–Crippen LogP) is 3.46. The molecule has 0 heterocycles. The number of hydrogen-bond acceptors (Lipinski definition) is 3. The fourth-order valence-corrected chi connectivity index (χ4v) is 3.63. The third-order valence-corrected chi connectivity index (χ3v) is 5.09. The van der Waals surface area contributed by atoms with Crippen molar-refractivity contribution in [3.8, 4) is 0 Å². The lowest BCUT2D eigenvalue weighted by Gasteiger charge is -2.08. The molecule has 2 aromatic rings. The van der Waals surface area contributed by atoms with Gasteiger partial charge in [-0.3, -0.25) is 0 Å². The summed E-state index contributed by atoms with van der Waals surface area (Å²) in [6, 6.07) is 12.0. The van der Waals surface area contributed by atoms with E-state index >= 15 is 0 Å². The van der Waals surface area contributed by atoms with Crippen molar-refractivity contribution >= 4 is 27.1 Å². The Balaban J connectivity index is 2.30. The van der Waals surface area contributed by atoms with Gasteiger partial charge in [0, 0.05) is 5.02 Å². The van der Waals surface area contributed by atoms with Gasteiger partial charge in [-0.25, -0.2) is 8.42 Å². The molecule has 2 aromatic carbocycles. The first-order valence-electron chi connectivity index (χ1n) is 6.28. The van der Waals surface area contributed by atoms with Crippen molar-refractivity contribution < 1.29 is 8.42 Å². The summed E-state index contributed by atoms with van der Waals surface area (Å²) in [7, 11) is -3.46. The Kier molecular flexibility index (Phi) is 4.35. The lowest BCUT2D eigenvalue weighted by atomic mass is 10.1. The minimum Gasteiger partial charge on any atom is -0.398 e. The van der Waals surface area contributed by atoms with E-state index in [1.807, 2.05) is 24.3 Å². The maximum Gasteiger partial charge on any atom is 0.184 e. The van der Waals surface area contributed by atoms with E-state index in [1.54, 1.807) is 0 Å². The van der Waals surface area contributed by atoms with Crippen LogP contribution >= 0.6 is 11.6 Å². The predicted molar refractivity (Wildman–Crippen MR) is 82.6 cm³/mol. The third kappa shape index (κ3) is 3.32. The van der Waals surface area contributed by atoms with Gasteiger partial charge in [0.2, 0.25) is 0 Å². The fourth-order valence-electron chi connectivity index (χ4n) is 1.97. The number of nitrogens with two attached hydrogens (primary N) is 1. The Labute approximate surface area is 124 Å². The summed E-state index contributed by atoms with van der Waals surface area (Å²) in [4.78, 5) is 0.126. The average Bonchev–Trinajstić information content (AvgIpc) is 2.38. The molecular weight excluding hydrogens is 294 g/mol. The zero-order chi connectivity index (χ0) is 14.8. The van der Waals surface area contributed by atoms with Gasteiger partial charge >= 0.3 is 0 Å². The summed E-state index contributed by atoms with van der Waals surface area (Å²) >= 11 is 5.79. The first kappa shape index (κ1) is 14.9. The number of aryl methyl sites for hydroxylation is 1. The molecule has 106 valence electrons. The van der Waals surface area contributed by atoms with E-state index in [2.05, 4.69) is 6.92 Å². The van der Waals surface area contributed by atoms with Crippen LogP contribution in [0.1, 0.15) is 18.1 Å². The minimum absolute atomic E-state index is 0.0666. The molecule has 3 nitrogen and oxygen atoms in total. The van der Waals surface area contributed by atoms with E-state index in [1.165, 1.54) is 23.8 Å². The van der Waals surface area contributed by atoms with E-state index in [0.717, 1.165) is 12.0 Å². The highest BCUT2D eigenvalue weighted by molar-refractivity contribution is 7.90. The Hall–Kier alpha value is -1.52. The summed E-state index contributed by atoms with van der Waals surface area (Å²) in [5, 5.41) is 0.425. The molecule has 0 unspecified atom stereocenters. The molecule has 0 aromatic heterocycles. The second-order valence-electron chi connectivity index (χ2n) is 4.61. The Morgan fingerprint density at radius 3 is 2.20 bits per heavy atom. The molecule has 0 aliphatic heterocycles. The molecule has 0 fully saturated rings. The van der Waals surface area contributed by atoms with Crippen molar-refractivity contribution in [2.24, 2.45) is 0 Å². The lowest BCUT2D eigenvalue weighted by Crippen LogP contribution is -2.08. The molecule has 0 spiro atoms. The van der Waals surface area contributed by atoms with Gasteiger partial charge in [0.05, 0.1) is 16.3 Å². The summed E-state index contributed by atoms with van der Waals surface area (Å²) in [6.45, 7) is 2.06. The Morgan fingerprint density at radius 1 is 1.05 bits per heavy atom. The molecule has 0 aliphatic rings. The van der Waals surface area contributed by atoms with Crippen LogP contribution in [0.5, 0.6) is 0 Å². The summed E-state index contributed by atoms with van der Waals surface area (Å²) < 4.78 is 24.7. The molecule has 0 amide bonds. The highest BCUT2D eigenvalue weighted by Gasteiger charge is 2.18. The maximum absolute atomic E-state index is 12.4. The zero-order valence-electron chi connectivity index (χ0n) is 11.1. The number of benzene rings is 2. The van der Waals surface area contributed by atoms with Gasteiger partial charge in [0.15, 0.2) is 9.84 Å². The smallest absolute Gasteiger partial charge is 0.184 e. The van der Waals surface area contributed by atoms with Crippen LogP contribution in [0.3, 0.4) is 0 Å². The van der Waals surface area contributed by atoms with Crippen LogP contribution in [0.4, 0.5) is 5.69 Å². The highest BCUT2D eigenvalue weighted by Crippen LogP contribution is 2.25. The van der Waals surface area contributed by atoms with Gasteiger partial charge in [-0.2, -0.15) is 0 Å². The van der Waals surface area contributed by atoms with Crippen LogP contribution in [0, 0.1) is 0 Å². The normalized spacial score (nSPS) is 11.5. The van der Waals surface area contributed by atoms with Gasteiger partial charge < -0.3 is 5.73 Å². The van der Waals surface area contributed by atoms with Gasteiger partial charge in [-0.15, -0.1) is 0 Å². The Morgan fingerprint density at radius 2 is 1.65 bits per heavy atom. The van der Waals surface area contributed by atoms with Crippen LogP contribution in [0.25, 0.3) is 0 Å². The van der Waals surface area contributed by atoms with Crippen LogP contribution in [0.15, 0.2) is 47.4 Å². The standard InChI is InChI=1S/C15H16ClNO2S/c1-2-11-3-5-12(6-4-11)10-20(18,19)15-8-7-13(16)9-14(15)17/h3-9H,2,10,17H2,1H3. The van der Waals surface area contributed by atoms with Crippen LogP contribution in [-0.4, -0.2) is 8.42 Å². The van der Waals surface area contributed by atoms with E-state index in [0.29, 0.717) is 5.02 Å². The van der Waals surface area contributed by atoms with Crippen molar-refractivity contribution in [1.82, 2.24) is 0 Å². The van der Waals surface area contributed by atoms with Gasteiger partial charge in [-0.1, -0.05) is 42.8 Å². The maximum atomic E-state index is 12.4. The van der Waals surface area contributed by atoms with Gasteiger partial charge in [0.1, 0.15) is 0 Å². The van der Waals surface area contributed by atoms with E-state index in [9.17, 15) is 8.42 Å². The van der Waals surface area contributed by atoms with Crippen LogP contribution in [0.2, 0.25) is 5.02 Å². The number of hydrogen-bond donors (Lipinski definition) is 1. The molecular formula is C15H16ClNO2S. The second kappa shape index (κ2) is 5.85. The first-order valence-corrected chi connectivity index (χ1v) is 8.31. The number of anilines is 1. The van der Waals surface area contributed by atoms with E-state index < -0.39 is 9.84 Å². The summed E-state index contributed by atoms with van der Waals surface area (Å²) in [5.74, 6) is -0.0666. The molecule has 0 aliphatic carbocycles. The molecule has 2 N–H and O–H groups in total. The quantitative estimate of drug-likeness (QED) is 0.880. The SMILES string of the molecule is CCc1ccc(CS(=O)(=O)c2ccc(Cl)cc2N)cc1. The zero-order valence-corrected chi connectivity index (χ0v) is 12.7. The molecule has 20 heavy (non-hydrogen) atoms. The highest BCUT2D eigenvalue weighted by atomic mass is 35.5. The number of nitrogen functional groups attached to an aromatic ring is 1. The van der Waals surface area contributed by atoms with Crippen LogP contribution < -0.4 is 5.73 Å². The molecule has 0 radical (unpaired) electrons. The lowest BCUT2D eigenvalue weighted by molar-refractivity contribution is 0.595. The van der Waals surface area contributed by atoms with E-state index in [4.69, 9.17) is 17.3 Å². The molecule has 0 saturated carbocycles. The molecule has 5 heteroatoms. The largest absolute Gasteiger partial charge is 0.398 e. The second-order valence-corrected chi connectivity index (χ2v) is 7.01. The number of rotatable bonds is 4. The Bertz CT molecular complexity index is 709. The summed E-state index contributed by atoms with van der Waals surface area (Å²) in [5.41, 5.74) is 7.85. The van der Waals surface area contributed by atoms with Crippen molar-refractivity contribution in [2.45, 2.75) is 24.0 Å². The minimum atomic E-state index is -3.46. The van der Waals surface area contributed by atoms with Gasteiger partial charge in [0.25, 0.3) is 0 Å². The summed E-state index contributed by atoms with van der Waals surface area (Å²) in [6.07, 6.45) is 0.928. The van der Waals surface area contributed by atoms with E-state index in [-0.39, 0.29) is 16.3 Å². The van der Waals surface area contributed by atoms with Crippen molar-refractivity contribution in [2.75, 3.05) is 5.73 Å². The molecule has 0 bridgehead atoms. The third-order valence-electron chi connectivity index (χ3n) is 3.09. The number of sulfone groups is 1. The van der Waals surface area contributed by atoms with Gasteiger partial charge in [-0.05, 0) is 35.7 Å². The fraction of sp³-hybridized carbons (Fsp3) is 0.200.